The summed E-state index contributed by atoms with van der Waals surface area (Å²) in [6.07, 6.45) is 0. The number of hydrogen-bond acceptors (Lipinski definition) is 6. The van der Waals surface area contributed by atoms with Crippen LogP contribution in [-0.2, 0) is 14.3 Å². The van der Waals surface area contributed by atoms with Crippen LogP contribution in [0.3, 0.4) is 0 Å². The Bertz CT molecular complexity index is 911. The van der Waals surface area contributed by atoms with Crippen molar-refractivity contribution in [2.24, 2.45) is 0 Å². The van der Waals surface area contributed by atoms with Crippen LogP contribution in [0.25, 0.3) is 0 Å². The summed E-state index contributed by atoms with van der Waals surface area (Å²) in [5.41, 5.74) is 0.722. The van der Waals surface area contributed by atoms with Crippen LogP contribution in [0.5, 0.6) is 5.75 Å². The number of anilines is 1. The lowest BCUT2D eigenvalue weighted by Crippen LogP contribution is -2.50. The fourth-order valence-electron chi connectivity index (χ4n) is 3.11. The highest BCUT2D eigenvalue weighted by atomic mass is 19.1. The molecule has 0 saturated carbocycles. The number of rotatable bonds is 7. The van der Waals surface area contributed by atoms with E-state index in [1.54, 1.807) is 41.3 Å². The molecule has 3 rings (SSSR count). The second-order valence-corrected chi connectivity index (χ2v) is 6.85. The molecular formula is C22H23FN2O5. The third-order valence-electron chi connectivity index (χ3n) is 4.78. The molecule has 2 aromatic carbocycles. The van der Waals surface area contributed by atoms with Crippen LogP contribution in [0.15, 0.2) is 48.5 Å². The Kier molecular flexibility index (Phi) is 7.00. The summed E-state index contributed by atoms with van der Waals surface area (Å²) < 4.78 is 24.6. The largest absolute Gasteiger partial charge is 0.482 e. The lowest BCUT2D eigenvalue weighted by molar-refractivity contribution is -0.153. The molecule has 0 aliphatic carbocycles. The zero-order valence-corrected chi connectivity index (χ0v) is 16.7. The van der Waals surface area contributed by atoms with Gasteiger partial charge in [-0.1, -0.05) is 18.2 Å². The van der Waals surface area contributed by atoms with Gasteiger partial charge in [-0.05, 0) is 37.3 Å². The standard InChI is InChI=1S/C22H23FN2O5/c1-16(26)17-7-8-20(19(23)13-17)24-9-11-25(12-10-24)21(27)14-30-22(28)15-29-18-5-3-2-4-6-18/h2-8,13H,9-12,14-15H2,1H3. The van der Waals surface area contributed by atoms with Gasteiger partial charge in [0.2, 0.25) is 0 Å². The monoisotopic (exact) mass is 414 g/mol. The Balaban J connectivity index is 1.43. The van der Waals surface area contributed by atoms with E-state index < -0.39 is 11.8 Å². The molecule has 158 valence electrons. The van der Waals surface area contributed by atoms with E-state index in [0.29, 0.717) is 43.2 Å². The van der Waals surface area contributed by atoms with Gasteiger partial charge in [-0.25, -0.2) is 9.18 Å². The lowest BCUT2D eigenvalue weighted by Gasteiger charge is -2.36. The van der Waals surface area contributed by atoms with E-state index in [1.165, 1.54) is 13.0 Å². The molecule has 7 nitrogen and oxygen atoms in total. The van der Waals surface area contributed by atoms with Gasteiger partial charge in [-0.3, -0.25) is 9.59 Å². The predicted octanol–water partition coefficient (Wildman–Crippen LogP) is 2.30. The molecule has 1 aliphatic heterocycles. The van der Waals surface area contributed by atoms with Crippen LogP contribution in [-0.4, -0.2) is 62.0 Å². The quantitative estimate of drug-likeness (QED) is 0.511. The van der Waals surface area contributed by atoms with Crippen molar-refractivity contribution in [3.8, 4) is 5.75 Å². The minimum atomic E-state index is -0.626. The van der Waals surface area contributed by atoms with Gasteiger partial charge >= 0.3 is 5.97 Å². The molecule has 0 aromatic heterocycles. The first-order chi connectivity index (χ1) is 14.4. The Morgan fingerprint density at radius 2 is 1.67 bits per heavy atom. The molecule has 2 aromatic rings. The van der Waals surface area contributed by atoms with E-state index in [1.807, 2.05) is 11.0 Å². The number of carbonyl (C=O) groups excluding carboxylic acids is 3. The lowest BCUT2D eigenvalue weighted by atomic mass is 10.1. The molecule has 8 heteroatoms. The second kappa shape index (κ2) is 9.87. The summed E-state index contributed by atoms with van der Waals surface area (Å²) in [4.78, 5) is 38.8. The van der Waals surface area contributed by atoms with Crippen LogP contribution in [0.2, 0.25) is 0 Å². The number of nitrogens with zero attached hydrogens (tertiary/aromatic N) is 2. The van der Waals surface area contributed by atoms with Gasteiger partial charge in [0.15, 0.2) is 19.0 Å². The van der Waals surface area contributed by atoms with Crippen molar-refractivity contribution in [2.45, 2.75) is 6.92 Å². The van der Waals surface area contributed by atoms with Crippen molar-refractivity contribution >= 4 is 23.3 Å². The molecule has 0 unspecified atom stereocenters. The SMILES string of the molecule is CC(=O)c1ccc(N2CCN(C(=O)COC(=O)COc3ccccc3)CC2)c(F)c1. The first kappa shape index (κ1) is 21.3. The van der Waals surface area contributed by atoms with Crippen LogP contribution in [0.1, 0.15) is 17.3 Å². The average molecular weight is 414 g/mol. The molecule has 1 amide bonds. The predicted molar refractivity (Wildman–Crippen MR) is 108 cm³/mol. The number of amides is 1. The number of ketones is 1. The van der Waals surface area contributed by atoms with Gasteiger partial charge in [-0.15, -0.1) is 0 Å². The molecule has 0 N–H and O–H groups in total. The van der Waals surface area contributed by atoms with E-state index in [9.17, 15) is 18.8 Å². The van der Waals surface area contributed by atoms with E-state index in [2.05, 4.69) is 0 Å². The maximum absolute atomic E-state index is 14.3. The molecule has 1 aliphatic rings. The van der Waals surface area contributed by atoms with E-state index in [-0.39, 0.29) is 24.9 Å². The van der Waals surface area contributed by atoms with Gasteiger partial charge < -0.3 is 19.3 Å². The number of hydrogen-bond donors (Lipinski definition) is 0. The second-order valence-electron chi connectivity index (χ2n) is 6.85. The van der Waals surface area contributed by atoms with Crippen LogP contribution >= 0.6 is 0 Å². The normalized spacial score (nSPS) is 13.7. The first-order valence-electron chi connectivity index (χ1n) is 9.60. The zero-order valence-electron chi connectivity index (χ0n) is 16.7. The van der Waals surface area contributed by atoms with Crippen molar-refractivity contribution < 1.29 is 28.2 Å². The van der Waals surface area contributed by atoms with Crippen molar-refractivity contribution in [3.63, 3.8) is 0 Å². The van der Waals surface area contributed by atoms with E-state index in [0.717, 1.165) is 0 Å². The van der Waals surface area contributed by atoms with Crippen molar-refractivity contribution in [3.05, 3.63) is 59.9 Å². The zero-order chi connectivity index (χ0) is 21.5. The van der Waals surface area contributed by atoms with Crippen LogP contribution in [0.4, 0.5) is 10.1 Å². The number of Topliss-reactive ketones (excluding diaryl/α,β-unsaturated/α-hetero) is 1. The number of esters is 1. The highest BCUT2D eigenvalue weighted by Gasteiger charge is 2.24. The van der Waals surface area contributed by atoms with Crippen molar-refractivity contribution in [1.82, 2.24) is 4.90 Å². The van der Waals surface area contributed by atoms with Gasteiger partial charge in [0.25, 0.3) is 5.91 Å². The molecule has 0 spiro atoms. The van der Waals surface area contributed by atoms with Gasteiger partial charge in [0.05, 0.1) is 5.69 Å². The summed E-state index contributed by atoms with van der Waals surface area (Å²) in [7, 11) is 0. The molecule has 0 atom stereocenters. The fourth-order valence-corrected chi connectivity index (χ4v) is 3.11. The summed E-state index contributed by atoms with van der Waals surface area (Å²) >= 11 is 0. The molecule has 1 fully saturated rings. The Labute approximate surface area is 174 Å². The first-order valence-corrected chi connectivity index (χ1v) is 9.60. The van der Waals surface area contributed by atoms with Crippen LogP contribution in [0, 0.1) is 5.82 Å². The summed E-state index contributed by atoms with van der Waals surface area (Å²) in [6, 6.07) is 13.2. The topological polar surface area (TPSA) is 76.2 Å². The number of piperazine rings is 1. The Morgan fingerprint density at radius 1 is 0.967 bits per heavy atom. The smallest absolute Gasteiger partial charge is 0.344 e. The maximum atomic E-state index is 14.3. The summed E-state index contributed by atoms with van der Waals surface area (Å²) in [5.74, 6) is -1.05. The molecule has 1 heterocycles. The molecule has 1 saturated heterocycles. The average Bonchev–Trinajstić information content (AvgIpc) is 2.76. The summed E-state index contributed by atoms with van der Waals surface area (Å²) in [6.45, 7) is 2.38. The van der Waals surface area contributed by atoms with Crippen LogP contribution < -0.4 is 9.64 Å². The van der Waals surface area contributed by atoms with E-state index in [4.69, 9.17) is 9.47 Å². The van der Waals surface area contributed by atoms with E-state index >= 15 is 0 Å². The Morgan fingerprint density at radius 3 is 2.30 bits per heavy atom. The number of para-hydroxylation sites is 1. The van der Waals surface area contributed by atoms with Crippen molar-refractivity contribution in [2.75, 3.05) is 44.3 Å². The highest BCUT2D eigenvalue weighted by Crippen LogP contribution is 2.22. The fraction of sp³-hybridized carbons (Fsp3) is 0.318. The number of carbonyl (C=O) groups is 3. The number of ether oxygens (including phenoxy) is 2. The maximum Gasteiger partial charge on any atom is 0.344 e. The summed E-state index contributed by atoms with van der Waals surface area (Å²) in [5, 5.41) is 0. The van der Waals surface area contributed by atoms with Gasteiger partial charge in [-0.2, -0.15) is 0 Å². The van der Waals surface area contributed by atoms with Crippen molar-refractivity contribution in [1.29, 1.82) is 0 Å². The third-order valence-corrected chi connectivity index (χ3v) is 4.78. The molecule has 0 radical (unpaired) electrons. The van der Waals surface area contributed by atoms with Gasteiger partial charge in [0.1, 0.15) is 11.6 Å². The van der Waals surface area contributed by atoms with Gasteiger partial charge in [0, 0.05) is 31.7 Å². The minimum Gasteiger partial charge on any atom is -0.482 e. The molecular weight excluding hydrogens is 391 g/mol. The minimum absolute atomic E-state index is 0.195. The molecule has 30 heavy (non-hydrogen) atoms. The molecule has 0 bridgehead atoms. The Hall–Kier alpha value is -3.42. The third kappa shape index (κ3) is 5.56. The number of benzene rings is 2. The highest BCUT2D eigenvalue weighted by molar-refractivity contribution is 5.94. The number of halogens is 1.